The lowest BCUT2D eigenvalue weighted by atomic mass is 9.57. The fourth-order valence-corrected chi connectivity index (χ4v) is 12.0. The van der Waals surface area contributed by atoms with Crippen LogP contribution in [0, 0.1) is 41.4 Å². The van der Waals surface area contributed by atoms with E-state index in [9.17, 15) is 23.4 Å². The normalized spacial score (nSPS) is 49.3. The van der Waals surface area contributed by atoms with Gasteiger partial charge >= 0.3 is 6.18 Å². The quantitative estimate of drug-likeness (QED) is 0.186. The molecule has 4 bridgehead atoms. The van der Waals surface area contributed by atoms with Crippen molar-refractivity contribution in [2.75, 3.05) is 32.8 Å². The summed E-state index contributed by atoms with van der Waals surface area (Å²) in [4.78, 5) is 14.0. The van der Waals surface area contributed by atoms with Gasteiger partial charge in [-0.15, -0.1) is 0 Å². The third kappa shape index (κ3) is 6.23. The van der Waals surface area contributed by atoms with E-state index < -0.39 is 71.7 Å². The van der Waals surface area contributed by atoms with Gasteiger partial charge in [0.25, 0.3) is 0 Å². The summed E-state index contributed by atoms with van der Waals surface area (Å²) < 4.78 is 82.9. The average molecular weight is 760 g/mol. The van der Waals surface area contributed by atoms with Crippen molar-refractivity contribution in [1.82, 2.24) is 4.90 Å². The Labute approximate surface area is 311 Å². The molecule has 9 rings (SSSR count). The van der Waals surface area contributed by atoms with Crippen molar-refractivity contribution < 1.29 is 61.6 Å². The molecule has 0 aromatic rings. The van der Waals surface area contributed by atoms with Crippen LogP contribution in [-0.2, 0) is 38.2 Å². The fraction of sp³-hybridized carbons (Fsp3) is 0.949. The van der Waals surface area contributed by atoms with Crippen LogP contribution in [0.15, 0.2) is 11.3 Å². The zero-order valence-electron chi connectivity index (χ0n) is 32.1. The fourth-order valence-electron chi connectivity index (χ4n) is 12.0. The SMILES string of the molecule is C[C@@H]1CC[C@H]2C(CN(CCCCO[C@@]3(C)O[C@@H]4O[C@]5(C)CCC6[C@H](C)CC[C@@H]([C@H]3C)[C@]64OO5)CC(O)CO)=C(C(F)(F)F)O[C@@H]3O[C@]4(C)CCC1[C@]32O4. The summed E-state index contributed by atoms with van der Waals surface area (Å²) in [6.45, 7) is 12.4. The van der Waals surface area contributed by atoms with E-state index in [0.29, 0.717) is 44.8 Å². The van der Waals surface area contributed by atoms with Gasteiger partial charge in [0.15, 0.2) is 23.5 Å². The second kappa shape index (κ2) is 13.5. The van der Waals surface area contributed by atoms with Gasteiger partial charge in [0, 0.05) is 43.7 Å². The summed E-state index contributed by atoms with van der Waals surface area (Å²) in [7, 11) is 0. The highest BCUT2D eigenvalue weighted by Crippen LogP contribution is 2.65. The number of hydrogen-bond donors (Lipinski definition) is 2. The Hall–Kier alpha value is -1.07. The van der Waals surface area contributed by atoms with Crippen LogP contribution in [0.25, 0.3) is 0 Å². The highest BCUT2D eigenvalue weighted by Gasteiger charge is 2.73. The van der Waals surface area contributed by atoms with E-state index in [2.05, 4.69) is 20.8 Å². The van der Waals surface area contributed by atoms with Crippen LogP contribution in [0.1, 0.15) is 106 Å². The molecule has 0 aromatic carbocycles. The Morgan fingerprint density at radius 2 is 1.51 bits per heavy atom. The van der Waals surface area contributed by atoms with Gasteiger partial charge in [-0.25, -0.2) is 9.78 Å². The highest BCUT2D eigenvalue weighted by atomic mass is 19.4. The number of unbranched alkanes of at least 4 members (excludes halogenated alkanes) is 1. The molecule has 302 valence electrons. The van der Waals surface area contributed by atoms with Crippen LogP contribution in [-0.4, -0.2) is 101 Å². The maximum absolute atomic E-state index is 14.8. The molecule has 3 unspecified atom stereocenters. The molecule has 0 aromatic heterocycles. The molecule has 2 spiro atoms. The Morgan fingerprint density at radius 1 is 0.830 bits per heavy atom. The van der Waals surface area contributed by atoms with E-state index in [4.69, 9.17) is 38.2 Å². The molecule has 7 aliphatic heterocycles. The number of allylic oxidation sites excluding steroid dienone is 1. The summed E-state index contributed by atoms with van der Waals surface area (Å²) >= 11 is 0. The van der Waals surface area contributed by atoms with Crippen LogP contribution in [0.2, 0.25) is 0 Å². The monoisotopic (exact) mass is 759 g/mol. The number of ether oxygens (including phenoxy) is 6. The number of aliphatic hydroxyl groups is 2. The van der Waals surface area contributed by atoms with Crippen LogP contribution in [0.5, 0.6) is 0 Å². The number of rotatable bonds is 11. The van der Waals surface area contributed by atoms with Gasteiger partial charge in [-0.2, -0.15) is 13.2 Å². The summed E-state index contributed by atoms with van der Waals surface area (Å²) in [5.74, 6) is -3.36. The lowest BCUT2D eigenvalue weighted by molar-refractivity contribution is -0.585. The molecule has 0 radical (unpaired) electrons. The van der Waals surface area contributed by atoms with Crippen LogP contribution in [0.3, 0.4) is 0 Å². The van der Waals surface area contributed by atoms with Crippen molar-refractivity contribution in [2.45, 2.75) is 159 Å². The summed E-state index contributed by atoms with van der Waals surface area (Å²) in [5, 5.41) is 20.3. The first-order valence-electron chi connectivity index (χ1n) is 20.2. The van der Waals surface area contributed by atoms with Crippen LogP contribution < -0.4 is 0 Å². The van der Waals surface area contributed by atoms with E-state index in [-0.39, 0.29) is 48.3 Å². The Balaban J connectivity index is 0.964. The zero-order valence-corrected chi connectivity index (χ0v) is 32.1. The lowest BCUT2D eigenvalue weighted by Crippen LogP contribution is -2.72. The molecule has 11 nitrogen and oxygen atoms in total. The molecule has 7 heterocycles. The Kier molecular flexibility index (Phi) is 9.89. The minimum Gasteiger partial charge on any atom is -0.456 e. The molecule has 15 atom stereocenters. The van der Waals surface area contributed by atoms with Crippen molar-refractivity contribution in [3.8, 4) is 0 Å². The number of hydrogen-bond acceptors (Lipinski definition) is 11. The van der Waals surface area contributed by atoms with Crippen molar-refractivity contribution in [3.05, 3.63) is 11.3 Å². The smallest absolute Gasteiger partial charge is 0.449 e. The molecule has 2 N–H and O–H groups in total. The lowest BCUT2D eigenvalue weighted by Gasteiger charge is -2.62. The molecule has 0 amide bonds. The zero-order chi connectivity index (χ0) is 37.8. The summed E-state index contributed by atoms with van der Waals surface area (Å²) in [6.07, 6.45) is -0.0539. The molecule has 14 heteroatoms. The largest absolute Gasteiger partial charge is 0.456 e. The first-order chi connectivity index (χ1) is 25.0. The molecule has 2 saturated carbocycles. The second-order valence-corrected chi connectivity index (χ2v) is 18.2. The maximum Gasteiger partial charge on any atom is 0.449 e. The van der Waals surface area contributed by atoms with Crippen LogP contribution in [0.4, 0.5) is 13.2 Å². The molecular weight excluding hydrogens is 699 g/mol. The number of aliphatic hydroxyl groups excluding tert-OH is 2. The standard InChI is InChI=1S/C39H60F3NO10/c1-22-10-12-30-26(31(39(40,41)42)47-32-37(30)27(22)13-15-34(4,48-32)51-37)20-43(19-25(45)21-44)17-7-8-18-46-36(6)24(3)29-11-9-23(2)28-14-16-35(5)49-33(50-36)38(28,29)53-52-35/h22-25,27-30,32-33,44-45H,7-21H2,1-6H3/t22-,23-,24-,25?,27?,28?,29+,30+,32-,33+,34+,35+,36+,37-,38-/m1/s1. The molecule has 8 fully saturated rings. The molecule has 6 saturated heterocycles. The number of fused-ring (bicyclic) bond motifs is 3. The first kappa shape index (κ1) is 38.8. The first-order valence-corrected chi connectivity index (χ1v) is 20.2. The van der Waals surface area contributed by atoms with Gasteiger partial charge in [0.05, 0.1) is 19.3 Å². The van der Waals surface area contributed by atoms with Gasteiger partial charge in [0.2, 0.25) is 17.8 Å². The minimum atomic E-state index is -4.73. The van der Waals surface area contributed by atoms with Crippen molar-refractivity contribution in [3.63, 3.8) is 0 Å². The molecular formula is C39H60F3NO10. The summed E-state index contributed by atoms with van der Waals surface area (Å²) in [5.41, 5.74) is -1.55. The third-order valence-corrected chi connectivity index (χ3v) is 14.8. The number of halogens is 3. The van der Waals surface area contributed by atoms with Crippen molar-refractivity contribution >= 4 is 0 Å². The second-order valence-electron chi connectivity index (χ2n) is 18.2. The van der Waals surface area contributed by atoms with Gasteiger partial charge in [-0.1, -0.05) is 20.8 Å². The van der Waals surface area contributed by atoms with Crippen molar-refractivity contribution in [1.29, 1.82) is 0 Å². The van der Waals surface area contributed by atoms with Crippen LogP contribution >= 0.6 is 0 Å². The van der Waals surface area contributed by atoms with E-state index >= 15 is 0 Å². The Morgan fingerprint density at radius 3 is 2.23 bits per heavy atom. The predicted octanol–water partition coefficient (Wildman–Crippen LogP) is 6.17. The van der Waals surface area contributed by atoms with E-state index in [1.807, 2.05) is 13.8 Å². The minimum absolute atomic E-state index is 0.00397. The topological polar surface area (TPSA) is 118 Å². The molecule has 2 aliphatic carbocycles. The Bertz CT molecular complexity index is 1420. The third-order valence-electron chi connectivity index (χ3n) is 14.8. The van der Waals surface area contributed by atoms with Gasteiger partial charge < -0.3 is 38.6 Å². The molecule has 53 heavy (non-hydrogen) atoms. The summed E-state index contributed by atoms with van der Waals surface area (Å²) in [6, 6.07) is 0. The maximum atomic E-state index is 14.8. The van der Waals surface area contributed by atoms with E-state index in [0.717, 1.165) is 38.5 Å². The molecule has 9 aliphatic rings. The number of alkyl halides is 3. The highest BCUT2D eigenvalue weighted by molar-refractivity contribution is 5.30. The van der Waals surface area contributed by atoms with E-state index in [1.165, 1.54) is 0 Å². The van der Waals surface area contributed by atoms with Crippen molar-refractivity contribution in [2.24, 2.45) is 41.4 Å². The predicted molar refractivity (Wildman–Crippen MR) is 182 cm³/mol. The van der Waals surface area contributed by atoms with E-state index in [1.54, 1.807) is 11.8 Å². The van der Waals surface area contributed by atoms with Gasteiger partial charge in [-0.3, -0.25) is 4.90 Å². The number of nitrogens with zero attached hydrogens (tertiary/aromatic N) is 1. The van der Waals surface area contributed by atoms with Gasteiger partial charge in [-0.05, 0) is 108 Å². The average Bonchev–Trinajstić information content (AvgIpc) is 3.16. The van der Waals surface area contributed by atoms with Gasteiger partial charge in [0.1, 0.15) is 5.60 Å².